The van der Waals surface area contributed by atoms with Crippen LogP contribution in [0.3, 0.4) is 0 Å². The Morgan fingerprint density at radius 3 is 2.47 bits per heavy atom. The van der Waals surface area contributed by atoms with Gasteiger partial charge in [-0.2, -0.15) is 0 Å². The quantitative estimate of drug-likeness (QED) is 0.722. The molecule has 2 nitrogen and oxygen atoms in total. The second-order valence-electron chi connectivity index (χ2n) is 5.07. The highest BCUT2D eigenvalue weighted by molar-refractivity contribution is 7.25. The molecule has 1 fully saturated rings. The third-order valence-corrected chi connectivity index (χ3v) is 4.97. The lowest BCUT2D eigenvalue weighted by atomic mass is 9.85. The molecule has 4 rings (SSSR count). The third-order valence-electron chi connectivity index (χ3n) is 3.83. The Morgan fingerprint density at radius 2 is 1.74 bits per heavy atom. The lowest BCUT2D eigenvalue weighted by Gasteiger charge is -2.39. The molecule has 1 aliphatic heterocycles. The molecule has 3 N–H and O–H groups in total. The fraction of sp³-hybridized carbons (Fsp3) is 0.200. The van der Waals surface area contributed by atoms with Crippen LogP contribution in [0, 0.1) is 0 Å². The van der Waals surface area contributed by atoms with Crippen LogP contribution in [-0.2, 0) is 5.54 Å². The maximum atomic E-state index is 6.35. The molecule has 0 aliphatic carbocycles. The summed E-state index contributed by atoms with van der Waals surface area (Å²) in [6.45, 7) is 1.76. The summed E-state index contributed by atoms with van der Waals surface area (Å²) >= 11 is 1.85. The Labute approximate surface area is 122 Å². The molecule has 1 saturated heterocycles. The zero-order valence-corrected chi connectivity index (χ0v) is 12.0. The topological polar surface area (TPSA) is 38.0 Å². The molecule has 1 aliphatic rings. The molecular weight excluding hydrogens is 276 g/mol. The van der Waals surface area contributed by atoms with Crippen LogP contribution in [0.1, 0.15) is 5.56 Å². The molecule has 0 saturated carbocycles. The van der Waals surface area contributed by atoms with Gasteiger partial charge in [-0.25, -0.2) is 0 Å². The molecule has 0 unspecified atom stereocenters. The third kappa shape index (κ3) is 1.85. The van der Waals surface area contributed by atoms with Crippen LogP contribution >= 0.6 is 23.7 Å². The van der Waals surface area contributed by atoms with Crippen LogP contribution in [0.25, 0.3) is 20.2 Å². The predicted molar refractivity (Wildman–Crippen MR) is 85.3 cm³/mol. The van der Waals surface area contributed by atoms with E-state index in [1.54, 1.807) is 0 Å². The van der Waals surface area contributed by atoms with Crippen molar-refractivity contribution in [2.45, 2.75) is 5.54 Å². The number of benzene rings is 2. The van der Waals surface area contributed by atoms with Crippen LogP contribution < -0.4 is 11.1 Å². The maximum absolute atomic E-state index is 6.35. The average molecular weight is 291 g/mol. The zero-order chi connectivity index (χ0) is 12.2. The van der Waals surface area contributed by atoms with Crippen molar-refractivity contribution in [3.8, 4) is 0 Å². The summed E-state index contributed by atoms with van der Waals surface area (Å²) < 4.78 is 2.69. The van der Waals surface area contributed by atoms with E-state index in [4.69, 9.17) is 5.73 Å². The van der Waals surface area contributed by atoms with E-state index in [0.717, 1.165) is 13.1 Å². The zero-order valence-electron chi connectivity index (χ0n) is 10.3. The first-order valence-corrected chi connectivity index (χ1v) is 6.99. The van der Waals surface area contributed by atoms with Gasteiger partial charge in [0.15, 0.2) is 0 Å². The number of rotatable bonds is 1. The van der Waals surface area contributed by atoms with Crippen LogP contribution in [-0.4, -0.2) is 13.1 Å². The first kappa shape index (κ1) is 12.9. The summed E-state index contributed by atoms with van der Waals surface area (Å²) in [5.41, 5.74) is 7.44. The van der Waals surface area contributed by atoms with Gasteiger partial charge in [0.1, 0.15) is 0 Å². The summed E-state index contributed by atoms with van der Waals surface area (Å²) in [5.74, 6) is 0. The molecule has 98 valence electrons. The van der Waals surface area contributed by atoms with Crippen molar-refractivity contribution in [1.29, 1.82) is 0 Å². The molecule has 0 amide bonds. The van der Waals surface area contributed by atoms with Crippen molar-refractivity contribution >= 4 is 43.9 Å². The van der Waals surface area contributed by atoms with Crippen LogP contribution in [0.2, 0.25) is 0 Å². The van der Waals surface area contributed by atoms with Crippen LogP contribution in [0.4, 0.5) is 0 Å². The normalized spacial score (nSPS) is 17.1. The molecule has 0 bridgehead atoms. The van der Waals surface area contributed by atoms with Crippen LogP contribution in [0.15, 0.2) is 42.5 Å². The Morgan fingerprint density at radius 1 is 1.00 bits per heavy atom. The van der Waals surface area contributed by atoms with E-state index < -0.39 is 0 Å². The lowest BCUT2D eigenvalue weighted by Crippen LogP contribution is -2.62. The summed E-state index contributed by atoms with van der Waals surface area (Å²) in [4.78, 5) is 0. The van der Waals surface area contributed by atoms with Gasteiger partial charge < -0.3 is 11.1 Å². The number of fused-ring (bicyclic) bond motifs is 3. The van der Waals surface area contributed by atoms with Gasteiger partial charge in [0.05, 0.1) is 5.54 Å². The summed E-state index contributed by atoms with van der Waals surface area (Å²) in [7, 11) is 0. The van der Waals surface area contributed by atoms with E-state index >= 15 is 0 Å². The molecule has 0 radical (unpaired) electrons. The first-order valence-electron chi connectivity index (χ1n) is 6.18. The summed E-state index contributed by atoms with van der Waals surface area (Å²) in [5, 5.41) is 5.95. The van der Waals surface area contributed by atoms with Gasteiger partial charge in [0.2, 0.25) is 0 Å². The van der Waals surface area contributed by atoms with Gasteiger partial charge in [-0.1, -0.05) is 30.3 Å². The van der Waals surface area contributed by atoms with Crippen molar-refractivity contribution in [1.82, 2.24) is 5.32 Å². The largest absolute Gasteiger partial charge is 0.319 e. The molecule has 2 aromatic carbocycles. The van der Waals surface area contributed by atoms with Gasteiger partial charge >= 0.3 is 0 Å². The van der Waals surface area contributed by atoms with E-state index in [0.29, 0.717) is 0 Å². The number of hydrogen-bond donors (Lipinski definition) is 2. The van der Waals surface area contributed by atoms with Crippen LogP contribution in [0.5, 0.6) is 0 Å². The molecule has 1 aromatic heterocycles. The highest BCUT2D eigenvalue weighted by Gasteiger charge is 2.34. The number of nitrogens with two attached hydrogens (primary N) is 1. The standard InChI is InChI=1S/C15H14N2S.ClH/c16-15(8-17-9-15)10-5-6-12-11-3-1-2-4-13(11)18-14(12)7-10;/h1-7,17H,8-9,16H2;1H. The van der Waals surface area contributed by atoms with E-state index in [1.807, 2.05) is 11.3 Å². The monoisotopic (exact) mass is 290 g/mol. The first-order chi connectivity index (χ1) is 8.76. The smallest absolute Gasteiger partial charge is 0.0662 e. The molecule has 2 heterocycles. The minimum atomic E-state index is -0.162. The van der Waals surface area contributed by atoms with Gasteiger partial charge in [-0.05, 0) is 17.7 Å². The number of hydrogen-bond acceptors (Lipinski definition) is 3. The average Bonchev–Trinajstić information content (AvgIpc) is 2.73. The molecule has 0 spiro atoms. The highest BCUT2D eigenvalue weighted by Crippen LogP contribution is 2.36. The van der Waals surface area contributed by atoms with E-state index in [2.05, 4.69) is 47.8 Å². The fourth-order valence-electron chi connectivity index (χ4n) is 2.63. The Bertz CT molecular complexity index is 746. The van der Waals surface area contributed by atoms with Gasteiger partial charge in [0, 0.05) is 33.3 Å². The second-order valence-corrected chi connectivity index (χ2v) is 6.15. The highest BCUT2D eigenvalue weighted by atomic mass is 35.5. The molecule has 3 aromatic rings. The second kappa shape index (κ2) is 4.46. The van der Waals surface area contributed by atoms with E-state index in [9.17, 15) is 0 Å². The molecular formula is C15H15ClN2S. The maximum Gasteiger partial charge on any atom is 0.0662 e. The fourth-order valence-corrected chi connectivity index (χ4v) is 3.78. The molecule has 19 heavy (non-hydrogen) atoms. The molecule has 0 atom stereocenters. The predicted octanol–water partition coefficient (Wildman–Crippen LogP) is 3.23. The van der Waals surface area contributed by atoms with Crippen molar-refractivity contribution in [2.75, 3.05) is 13.1 Å². The van der Waals surface area contributed by atoms with Crippen molar-refractivity contribution in [3.05, 3.63) is 48.0 Å². The van der Waals surface area contributed by atoms with Crippen molar-refractivity contribution < 1.29 is 0 Å². The van der Waals surface area contributed by atoms with E-state index in [1.165, 1.54) is 25.7 Å². The van der Waals surface area contributed by atoms with Crippen molar-refractivity contribution in [2.24, 2.45) is 5.73 Å². The SMILES string of the molecule is Cl.NC1(c2ccc3c(c2)sc2ccccc23)CNC1. The van der Waals surface area contributed by atoms with Gasteiger partial charge in [-0.15, -0.1) is 23.7 Å². The van der Waals surface area contributed by atoms with Gasteiger partial charge in [-0.3, -0.25) is 0 Å². The number of thiophene rings is 1. The Hall–Kier alpha value is -1.13. The van der Waals surface area contributed by atoms with Crippen molar-refractivity contribution in [3.63, 3.8) is 0 Å². The lowest BCUT2D eigenvalue weighted by molar-refractivity contribution is 0.287. The summed E-state index contributed by atoms with van der Waals surface area (Å²) in [6, 6.07) is 15.2. The molecule has 4 heteroatoms. The minimum Gasteiger partial charge on any atom is -0.319 e. The Kier molecular flexibility index (Phi) is 3.02. The number of nitrogens with one attached hydrogen (secondary N) is 1. The van der Waals surface area contributed by atoms with E-state index in [-0.39, 0.29) is 17.9 Å². The Balaban J connectivity index is 0.00000110. The minimum absolute atomic E-state index is 0. The number of halogens is 1. The van der Waals surface area contributed by atoms with Gasteiger partial charge in [0.25, 0.3) is 0 Å². The summed E-state index contributed by atoms with van der Waals surface area (Å²) in [6.07, 6.45) is 0.